The second-order valence-electron chi connectivity index (χ2n) is 4.61. The van der Waals surface area contributed by atoms with Gasteiger partial charge in [-0.3, -0.25) is 4.79 Å². The molecule has 1 N–H and O–H groups in total. The van der Waals surface area contributed by atoms with E-state index < -0.39 is 0 Å². The highest BCUT2D eigenvalue weighted by atomic mass is 16.2. The van der Waals surface area contributed by atoms with Crippen LogP contribution in [0.1, 0.15) is 32.6 Å². The second kappa shape index (κ2) is 4.35. The summed E-state index contributed by atoms with van der Waals surface area (Å²) in [6.45, 7) is 2.17. The Morgan fingerprint density at radius 2 is 2.27 bits per heavy atom. The van der Waals surface area contributed by atoms with Crippen LogP contribution in [0.25, 0.3) is 0 Å². The zero-order valence-corrected chi connectivity index (χ0v) is 9.57. The number of hydrogen-bond acceptors (Lipinski definition) is 2. The third-order valence-corrected chi connectivity index (χ3v) is 3.60. The van der Waals surface area contributed by atoms with Crippen molar-refractivity contribution >= 4 is 5.91 Å². The van der Waals surface area contributed by atoms with Crippen molar-refractivity contribution in [2.24, 2.45) is 0 Å². The summed E-state index contributed by atoms with van der Waals surface area (Å²) in [4.78, 5) is 14.3. The van der Waals surface area contributed by atoms with Crippen LogP contribution in [0.3, 0.4) is 0 Å². The number of amides is 1. The minimum absolute atomic E-state index is 0.115. The minimum Gasteiger partial charge on any atom is -0.335 e. The lowest BCUT2D eigenvalue weighted by molar-refractivity contribution is -0.138. The van der Waals surface area contributed by atoms with Crippen molar-refractivity contribution in [1.82, 2.24) is 10.2 Å². The molecular weight excluding hydrogens is 188 g/mol. The summed E-state index contributed by atoms with van der Waals surface area (Å²) in [6.07, 6.45) is 8.76. The molecule has 2 heterocycles. The Labute approximate surface area is 91.5 Å². The average molecular weight is 208 g/mol. The summed E-state index contributed by atoms with van der Waals surface area (Å²) in [5, 5.41) is 3.07. The van der Waals surface area contributed by atoms with E-state index in [2.05, 4.69) is 23.2 Å². The van der Waals surface area contributed by atoms with Crippen LogP contribution in [0.4, 0.5) is 0 Å². The van der Waals surface area contributed by atoms with Crippen molar-refractivity contribution < 1.29 is 4.79 Å². The van der Waals surface area contributed by atoms with Gasteiger partial charge in [0, 0.05) is 12.1 Å². The van der Waals surface area contributed by atoms with Crippen LogP contribution in [0.5, 0.6) is 0 Å². The van der Waals surface area contributed by atoms with Gasteiger partial charge in [0.2, 0.25) is 5.91 Å². The van der Waals surface area contributed by atoms with Crippen LogP contribution in [0, 0.1) is 0 Å². The van der Waals surface area contributed by atoms with Crippen LogP contribution in [0.15, 0.2) is 12.2 Å². The van der Waals surface area contributed by atoms with Gasteiger partial charge in [-0.1, -0.05) is 12.2 Å². The van der Waals surface area contributed by atoms with E-state index in [1.165, 1.54) is 6.42 Å². The molecule has 0 bridgehead atoms. The first-order valence-electron chi connectivity index (χ1n) is 5.90. The quantitative estimate of drug-likeness (QED) is 0.659. The van der Waals surface area contributed by atoms with Gasteiger partial charge < -0.3 is 10.2 Å². The Balaban J connectivity index is 2.21. The minimum atomic E-state index is -0.115. The summed E-state index contributed by atoms with van der Waals surface area (Å²) in [6, 6.07) is 0.735. The van der Waals surface area contributed by atoms with Crippen LogP contribution < -0.4 is 5.32 Å². The molecule has 0 radical (unpaired) electrons. The molecule has 0 aromatic heterocycles. The van der Waals surface area contributed by atoms with Gasteiger partial charge in [-0.25, -0.2) is 0 Å². The highest BCUT2D eigenvalue weighted by molar-refractivity contribution is 5.85. The van der Waals surface area contributed by atoms with Crippen LogP contribution >= 0.6 is 0 Å². The first kappa shape index (κ1) is 10.7. The van der Waals surface area contributed by atoms with E-state index in [0.717, 1.165) is 19.3 Å². The predicted octanol–water partition coefficient (Wildman–Crippen LogP) is 1.30. The molecule has 3 heteroatoms. The van der Waals surface area contributed by atoms with Crippen LogP contribution in [0.2, 0.25) is 0 Å². The maximum Gasteiger partial charge on any atom is 0.244 e. The van der Waals surface area contributed by atoms with E-state index in [9.17, 15) is 4.79 Å². The van der Waals surface area contributed by atoms with Crippen LogP contribution in [-0.4, -0.2) is 36.0 Å². The smallest absolute Gasteiger partial charge is 0.244 e. The number of hydrogen-bond donors (Lipinski definition) is 1. The van der Waals surface area contributed by atoms with Gasteiger partial charge in [-0.15, -0.1) is 0 Å². The van der Waals surface area contributed by atoms with Gasteiger partial charge in [-0.05, 0) is 39.7 Å². The molecule has 15 heavy (non-hydrogen) atoms. The molecule has 1 saturated heterocycles. The van der Waals surface area contributed by atoms with Crippen molar-refractivity contribution in [3.8, 4) is 0 Å². The number of rotatable bonds is 1. The zero-order valence-electron chi connectivity index (χ0n) is 9.57. The highest BCUT2D eigenvalue weighted by Gasteiger charge is 2.34. The first-order valence-corrected chi connectivity index (χ1v) is 5.90. The molecule has 1 amide bonds. The van der Waals surface area contributed by atoms with Crippen LogP contribution in [-0.2, 0) is 4.79 Å². The fourth-order valence-corrected chi connectivity index (χ4v) is 2.75. The molecule has 0 aliphatic carbocycles. The highest BCUT2D eigenvalue weighted by Crippen LogP contribution is 2.27. The summed E-state index contributed by atoms with van der Waals surface area (Å²) in [7, 11) is 1.85. The van der Waals surface area contributed by atoms with Gasteiger partial charge >= 0.3 is 0 Å². The van der Waals surface area contributed by atoms with E-state index in [0.29, 0.717) is 12.1 Å². The molecule has 3 unspecified atom stereocenters. The zero-order chi connectivity index (χ0) is 10.8. The fourth-order valence-electron chi connectivity index (χ4n) is 2.75. The molecule has 0 aromatic rings. The number of fused-ring (bicyclic) bond motifs is 1. The molecular formula is C12H20N2O. The Morgan fingerprint density at radius 1 is 1.47 bits per heavy atom. The number of carbonyl (C=O) groups excluding carboxylic acids is 1. The maximum atomic E-state index is 12.2. The van der Waals surface area contributed by atoms with E-state index in [4.69, 9.17) is 0 Å². The number of nitrogens with one attached hydrogen (secondary N) is 1. The summed E-state index contributed by atoms with van der Waals surface area (Å²) >= 11 is 0. The number of nitrogens with zero attached hydrogens (tertiary/aromatic N) is 1. The number of likely N-dealkylation sites (N-methyl/N-ethyl adjacent to an activating group) is 1. The first-order chi connectivity index (χ1) is 7.24. The second-order valence-corrected chi connectivity index (χ2v) is 4.61. The maximum absolute atomic E-state index is 12.2. The average Bonchev–Trinajstić information content (AvgIpc) is 2.39. The Bertz CT molecular complexity index is 275. The number of piperidine rings is 1. The van der Waals surface area contributed by atoms with Crippen molar-refractivity contribution in [3.63, 3.8) is 0 Å². The molecule has 0 saturated carbocycles. The summed E-state index contributed by atoms with van der Waals surface area (Å²) in [5.41, 5.74) is 0. The molecule has 1 fully saturated rings. The lowest BCUT2D eigenvalue weighted by Crippen LogP contribution is -2.53. The lowest BCUT2D eigenvalue weighted by atomic mass is 9.94. The fraction of sp³-hybridized carbons (Fsp3) is 0.750. The molecule has 0 spiro atoms. The molecule has 2 rings (SSSR count). The Morgan fingerprint density at radius 3 is 3.00 bits per heavy atom. The van der Waals surface area contributed by atoms with Crippen molar-refractivity contribution in [2.45, 2.75) is 50.7 Å². The topological polar surface area (TPSA) is 32.3 Å². The normalized spacial score (nSPS) is 36.3. The standard InChI is InChI=1S/C12H20N2O/c1-9-5-3-6-10-7-4-8-11(13-2)12(15)14(9)10/h4,8-11,13H,3,5-7H2,1-2H3. The van der Waals surface area contributed by atoms with Gasteiger partial charge in [0.25, 0.3) is 0 Å². The van der Waals surface area contributed by atoms with Crippen molar-refractivity contribution in [2.75, 3.05) is 7.05 Å². The largest absolute Gasteiger partial charge is 0.335 e. The molecule has 0 aromatic carbocycles. The third kappa shape index (κ3) is 1.93. The molecule has 3 atom stereocenters. The van der Waals surface area contributed by atoms with Gasteiger partial charge in [-0.2, -0.15) is 0 Å². The van der Waals surface area contributed by atoms with E-state index in [1.54, 1.807) is 0 Å². The predicted molar refractivity (Wildman–Crippen MR) is 60.6 cm³/mol. The van der Waals surface area contributed by atoms with E-state index >= 15 is 0 Å². The Hall–Kier alpha value is -0.830. The molecule has 84 valence electrons. The molecule has 2 aliphatic rings. The molecule has 2 aliphatic heterocycles. The number of carbonyl (C=O) groups is 1. The summed E-state index contributed by atoms with van der Waals surface area (Å²) in [5.74, 6) is 0.253. The van der Waals surface area contributed by atoms with E-state index in [-0.39, 0.29) is 11.9 Å². The Kier molecular flexibility index (Phi) is 3.10. The van der Waals surface area contributed by atoms with Gasteiger partial charge in [0.05, 0.1) is 0 Å². The lowest BCUT2D eigenvalue weighted by Gasteiger charge is -2.40. The third-order valence-electron chi connectivity index (χ3n) is 3.60. The van der Waals surface area contributed by atoms with Gasteiger partial charge in [0.1, 0.15) is 6.04 Å². The summed E-state index contributed by atoms with van der Waals surface area (Å²) < 4.78 is 0. The van der Waals surface area contributed by atoms with Crippen molar-refractivity contribution in [3.05, 3.63) is 12.2 Å². The van der Waals surface area contributed by atoms with Gasteiger partial charge in [0.15, 0.2) is 0 Å². The van der Waals surface area contributed by atoms with Crippen molar-refractivity contribution in [1.29, 1.82) is 0 Å². The SMILES string of the molecule is CNC1C=CCC2CCCC(C)N2C1=O. The molecule has 3 nitrogen and oxygen atoms in total. The monoisotopic (exact) mass is 208 g/mol. The van der Waals surface area contributed by atoms with E-state index in [1.807, 2.05) is 13.1 Å².